The standard InChI is InChI=1S/C21H20N6O3S.C2HF3O2/c1-13-8-21(28)27-18-10-15(6-7-17(13)18)26-20-11-19(23-12-24-20)25-14-4-3-5-16(9-14)31(29,30)22-2;3-2(4,5)1(6)7/h3-12,22H,1-2H3,(H,27,28)(H2,23,24,25,26);(H,6,7). The van der Waals surface area contributed by atoms with E-state index in [2.05, 4.69) is 30.3 Å². The van der Waals surface area contributed by atoms with Gasteiger partial charge in [0.05, 0.1) is 10.4 Å². The van der Waals surface area contributed by atoms with E-state index in [0.29, 0.717) is 17.3 Å². The maximum absolute atomic E-state index is 12.0. The summed E-state index contributed by atoms with van der Waals surface area (Å²) < 4.78 is 58.0. The zero-order chi connectivity index (χ0) is 28.1. The molecule has 0 aliphatic heterocycles. The molecule has 0 saturated carbocycles. The molecule has 0 radical (unpaired) electrons. The van der Waals surface area contributed by atoms with Crippen molar-refractivity contribution in [3.63, 3.8) is 0 Å². The number of aromatic nitrogens is 3. The number of aromatic amines is 1. The highest BCUT2D eigenvalue weighted by Crippen LogP contribution is 2.24. The molecule has 0 saturated heterocycles. The first-order chi connectivity index (χ1) is 17.8. The summed E-state index contributed by atoms with van der Waals surface area (Å²) in [6.07, 6.45) is -3.69. The molecule has 0 unspecified atom stereocenters. The van der Waals surface area contributed by atoms with E-state index in [4.69, 9.17) is 9.90 Å². The van der Waals surface area contributed by atoms with Gasteiger partial charge in [0.15, 0.2) is 0 Å². The van der Waals surface area contributed by atoms with Gasteiger partial charge in [-0.1, -0.05) is 12.1 Å². The minimum atomic E-state index is -5.08. The summed E-state index contributed by atoms with van der Waals surface area (Å²) in [6, 6.07) is 15.3. The number of carboxylic acids is 1. The average molecular weight is 551 g/mol. The number of pyridine rings is 1. The minimum Gasteiger partial charge on any atom is -0.475 e. The molecule has 0 fully saturated rings. The van der Waals surface area contributed by atoms with Crippen molar-refractivity contribution >= 4 is 49.9 Å². The highest BCUT2D eigenvalue weighted by molar-refractivity contribution is 7.89. The number of anilines is 4. The van der Waals surface area contributed by atoms with Crippen LogP contribution in [-0.2, 0) is 14.8 Å². The van der Waals surface area contributed by atoms with E-state index in [-0.39, 0.29) is 10.5 Å². The van der Waals surface area contributed by atoms with Gasteiger partial charge in [-0.05, 0) is 49.9 Å². The van der Waals surface area contributed by atoms with Crippen molar-refractivity contribution in [1.29, 1.82) is 0 Å². The Labute approximate surface area is 213 Å². The Morgan fingerprint density at radius 3 is 2.16 bits per heavy atom. The number of aliphatic carboxylic acids is 1. The van der Waals surface area contributed by atoms with Crippen molar-refractivity contribution < 1.29 is 31.5 Å². The van der Waals surface area contributed by atoms with Crippen molar-refractivity contribution in [2.45, 2.75) is 18.0 Å². The number of nitrogens with one attached hydrogen (secondary N) is 4. The Morgan fingerprint density at radius 2 is 1.58 bits per heavy atom. The third-order valence-corrected chi connectivity index (χ3v) is 6.33. The van der Waals surface area contributed by atoms with Crippen molar-refractivity contribution in [2.24, 2.45) is 0 Å². The highest BCUT2D eigenvalue weighted by atomic mass is 32.2. The van der Waals surface area contributed by atoms with Crippen LogP contribution < -0.4 is 20.9 Å². The first-order valence-corrected chi connectivity index (χ1v) is 12.1. The molecule has 0 spiro atoms. The van der Waals surface area contributed by atoms with E-state index < -0.39 is 22.2 Å². The number of benzene rings is 2. The van der Waals surface area contributed by atoms with E-state index >= 15 is 0 Å². The molecule has 11 nitrogen and oxygen atoms in total. The number of H-pyrrole nitrogens is 1. The van der Waals surface area contributed by atoms with Gasteiger partial charge < -0.3 is 20.7 Å². The molecular formula is C23H21F3N6O5S. The lowest BCUT2D eigenvalue weighted by Crippen LogP contribution is -2.21. The van der Waals surface area contributed by atoms with E-state index in [1.54, 1.807) is 24.3 Å². The lowest BCUT2D eigenvalue weighted by atomic mass is 10.1. The van der Waals surface area contributed by atoms with Crippen LogP contribution in [0.5, 0.6) is 0 Å². The number of alkyl halides is 3. The van der Waals surface area contributed by atoms with Gasteiger partial charge in [0.1, 0.15) is 18.0 Å². The van der Waals surface area contributed by atoms with Crippen molar-refractivity contribution in [2.75, 3.05) is 17.7 Å². The Bertz CT molecular complexity index is 1640. The Balaban J connectivity index is 0.000000505. The normalized spacial score (nSPS) is 11.4. The van der Waals surface area contributed by atoms with Gasteiger partial charge in [-0.3, -0.25) is 4.79 Å². The number of sulfonamides is 1. The molecule has 200 valence electrons. The topological polar surface area (TPSA) is 166 Å². The SMILES string of the molecule is CNS(=O)(=O)c1cccc(Nc2cc(Nc3ccc4c(C)cc(=O)[nH]c4c3)ncn2)c1.O=C(O)C(F)(F)F. The molecule has 38 heavy (non-hydrogen) atoms. The number of rotatable bonds is 6. The lowest BCUT2D eigenvalue weighted by Gasteiger charge is -2.11. The number of nitrogens with zero attached hydrogens (tertiary/aromatic N) is 2. The second-order valence-corrected chi connectivity index (χ2v) is 9.54. The fraction of sp³-hybridized carbons (Fsp3) is 0.130. The van der Waals surface area contributed by atoms with E-state index in [0.717, 1.165) is 22.2 Å². The summed E-state index contributed by atoms with van der Waals surface area (Å²) >= 11 is 0. The van der Waals surface area contributed by atoms with Gasteiger partial charge >= 0.3 is 12.1 Å². The molecule has 0 atom stereocenters. The van der Waals surface area contributed by atoms with Crippen molar-refractivity contribution in [1.82, 2.24) is 19.7 Å². The smallest absolute Gasteiger partial charge is 0.475 e. The first-order valence-electron chi connectivity index (χ1n) is 10.6. The first kappa shape index (κ1) is 28.1. The molecule has 0 aliphatic rings. The Kier molecular flexibility index (Phi) is 8.32. The van der Waals surface area contributed by atoms with E-state index in [9.17, 15) is 26.4 Å². The molecule has 0 aliphatic carbocycles. The van der Waals surface area contributed by atoms with Crippen LogP contribution in [0.25, 0.3) is 10.9 Å². The van der Waals surface area contributed by atoms with Crippen LogP contribution in [0.3, 0.4) is 0 Å². The fourth-order valence-electron chi connectivity index (χ4n) is 3.16. The fourth-order valence-corrected chi connectivity index (χ4v) is 3.94. The molecule has 0 amide bonds. The third-order valence-electron chi connectivity index (χ3n) is 4.92. The monoisotopic (exact) mass is 550 g/mol. The maximum Gasteiger partial charge on any atom is 0.490 e. The van der Waals surface area contributed by atoms with Crippen LogP contribution in [0.2, 0.25) is 0 Å². The summed E-state index contributed by atoms with van der Waals surface area (Å²) in [6.45, 7) is 1.89. The van der Waals surface area contributed by atoms with Crippen LogP contribution in [0.4, 0.5) is 36.2 Å². The third kappa shape index (κ3) is 7.27. The maximum atomic E-state index is 12.0. The van der Waals surface area contributed by atoms with Gasteiger partial charge in [-0.25, -0.2) is 27.9 Å². The minimum absolute atomic E-state index is 0.146. The molecule has 15 heteroatoms. The highest BCUT2D eigenvalue weighted by Gasteiger charge is 2.38. The lowest BCUT2D eigenvalue weighted by molar-refractivity contribution is -0.192. The number of hydrogen-bond donors (Lipinski definition) is 5. The molecule has 5 N–H and O–H groups in total. The molecule has 4 aromatic rings. The molecule has 2 aromatic heterocycles. The number of aryl methyl sites for hydroxylation is 1. The van der Waals surface area contributed by atoms with E-state index in [1.807, 2.05) is 25.1 Å². The second-order valence-electron chi connectivity index (χ2n) is 7.65. The summed E-state index contributed by atoms with van der Waals surface area (Å²) in [4.78, 5) is 32.0. The molecular weight excluding hydrogens is 529 g/mol. The van der Waals surface area contributed by atoms with Crippen LogP contribution in [0, 0.1) is 6.92 Å². The second kappa shape index (κ2) is 11.3. The van der Waals surface area contributed by atoms with Gasteiger partial charge in [-0.2, -0.15) is 13.2 Å². The quantitative estimate of drug-likeness (QED) is 0.241. The number of hydrogen-bond acceptors (Lipinski definition) is 8. The van der Waals surface area contributed by atoms with Crippen molar-refractivity contribution in [3.05, 3.63) is 76.8 Å². The van der Waals surface area contributed by atoms with Crippen LogP contribution in [-0.4, -0.2) is 47.7 Å². The van der Waals surface area contributed by atoms with Gasteiger partial charge in [-0.15, -0.1) is 0 Å². The Hall–Kier alpha value is -4.50. The van der Waals surface area contributed by atoms with Gasteiger partial charge in [0.25, 0.3) is 0 Å². The number of carboxylic acid groups (broad SMARTS) is 1. The summed E-state index contributed by atoms with van der Waals surface area (Å²) in [5.74, 6) is -1.74. The molecule has 2 aromatic carbocycles. The number of fused-ring (bicyclic) bond motifs is 1. The van der Waals surface area contributed by atoms with E-state index in [1.165, 1.54) is 25.5 Å². The zero-order valence-corrected chi connectivity index (χ0v) is 20.6. The average Bonchev–Trinajstić information content (AvgIpc) is 2.84. The van der Waals surface area contributed by atoms with Crippen LogP contribution in [0.15, 0.2) is 70.6 Å². The predicted octanol–water partition coefficient (Wildman–Crippen LogP) is 3.66. The predicted molar refractivity (Wildman–Crippen MR) is 134 cm³/mol. The summed E-state index contributed by atoms with van der Waals surface area (Å²) in [5, 5.41) is 14.4. The molecule has 4 rings (SSSR count). The van der Waals surface area contributed by atoms with Crippen molar-refractivity contribution in [3.8, 4) is 0 Å². The molecule has 0 bridgehead atoms. The van der Waals surface area contributed by atoms with Crippen LogP contribution >= 0.6 is 0 Å². The van der Waals surface area contributed by atoms with Crippen LogP contribution in [0.1, 0.15) is 5.56 Å². The number of carbonyl (C=O) groups is 1. The molecule has 2 heterocycles. The number of halogens is 3. The van der Waals surface area contributed by atoms with Gasteiger partial charge in [0.2, 0.25) is 15.6 Å². The summed E-state index contributed by atoms with van der Waals surface area (Å²) in [5.41, 5.74) is 2.80. The van der Waals surface area contributed by atoms with Gasteiger partial charge in [0, 0.05) is 28.9 Å². The summed E-state index contributed by atoms with van der Waals surface area (Å²) in [7, 11) is -2.18. The zero-order valence-electron chi connectivity index (χ0n) is 19.8. The largest absolute Gasteiger partial charge is 0.490 e. The Morgan fingerprint density at radius 1 is 0.974 bits per heavy atom.